The minimum atomic E-state index is 0.407. The summed E-state index contributed by atoms with van der Waals surface area (Å²) in [4.78, 5) is 6.59. The van der Waals surface area contributed by atoms with Gasteiger partial charge in [0.2, 0.25) is 0 Å². The van der Waals surface area contributed by atoms with Crippen LogP contribution in [-0.2, 0) is 13.1 Å². The highest BCUT2D eigenvalue weighted by molar-refractivity contribution is 5.84. The Hall–Kier alpha value is -2.20. The average molecular weight is 308 g/mol. The average Bonchev–Trinajstić information content (AvgIpc) is 2.85. The lowest BCUT2D eigenvalue weighted by Crippen LogP contribution is -2.33. The first-order valence-electron chi connectivity index (χ1n) is 8.07. The molecule has 4 nitrogen and oxygen atoms in total. The van der Waals surface area contributed by atoms with E-state index in [9.17, 15) is 0 Å². The first-order valence-corrected chi connectivity index (χ1v) is 8.07. The van der Waals surface area contributed by atoms with Crippen LogP contribution in [0.4, 0.5) is 0 Å². The van der Waals surface area contributed by atoms with Crippen molar-refractivity contribution in [3.05, 3.63) is 59.7 Å². The van der Waals surface area contributed by atoms with Gasteiger partial charge in [0.05, 0.1) is 12.2 Å². The summed E-state index contributed by atoms with van der Waals surface area (Å²) in [5.41, 5.74) is 3.64. The summed E-state index contributed by atoms with van der Waals surface area (Å²) in [7, 11) is 2.18. The molecule has 0 spiro atoms. The van der Waals surface area contributed by atoms with E-state index in [1.807, 2.05) is 19.3 Å². The van der Waals surface area contributed by atoms with Gasteiger partial charge < -0.3 is 0 Å². The fourth-order valence-corrected chi connectivity index (χ4v) is 3.00. The zero-order valence-corrected chi connectivity index (χ0v) is 14.3. The lowest BCUT2D eigenvalue weighted by atomic mass is 10.1. The minimum absolute atomic E-state index is 0.407. The molecule has 3 rings (SSSR count). The Balaban J connectivity index is 1.75. The van der Waals surface area contributed by atoms with Gasteiger partial charge in [0, 0.05) is 36.1 Å². The van der Waals surface area contributed by atoms with Crippen LogP contribution in [0.25, 0.3) is 10.8 Å². The number of aromatic nitrogens is 3. The Morgan fingerprint density at radius 1 is 1.22 bits per heavy atom. The Morgan fingerprint density at radius 3 is 2.78 bits per heavy atom. The zero-order chi connectivity index (χ0) is 16.4. The summed E-state index contributed by atoms with van der Waals surface area (Å²) < 4.78 is 2.10. The van der Waals surface area contributed by atoms with E-state index in [-0.39, 0.29) is 0 Å². The lowest BCUT2D eigenvalue weighted by molar-refractivity contribution is 0.221. The van der Waals surface area contributed by atoms with Crippen LogP contribution in [-0.4, -0.2) is 32.8 Å². The number of fused-ring (bicyclic) bond motifs is 1. The van der Waals surface area contributed by atoms with E-state index in [4.69, 9.17) is 0 Å². The van der Waals surface area contributed by atoms with Gasteiger partial charge in [0.25, 0.3) is 0 Å². The highest BCUT2D eigenvalue weighted by Crippen LogP contribution is 2.19. The predicted molar refractivity (Wildman–Crippen MR) is 94.4 cm³/mol. The fraction of sp³-hybridized carbons (Fsp3) is 0.368. The van der Waals surface area contributed by atoms with Crippen LogP contribution in [0.2, 0.25) is 0 Å². The van der Waals surface area contributed by atoms with E-state index >= 15 is 0 Å². The monoisotopic (exact) mass is 308 g/mol. The molecule has 1 atom stereocenters. The van der Waals surface area contributed by atoms with Gasteiger partial charge in [0.1, 0.15) is 0 Å². The van der Waals surface area contributed by atoms with Gasteiger partial charge >= 0.3 is 0 Å². The maximum atomic E-state index is 4.57. The summed E-state index contributed by atoms with van der Waals surface area (Å²) >= 11 is 0. The van der Waals surface area contributed by atoms with Crippen LogP contribution in [0.1, 0.15) is 23.9 Å². The molecular formula is C19H24N4. The highest BCUT2D eigenvalue weighted by atomic mass is 15.3. The van der Waals surface area contributed by atoms with Crippen molar-refractivity contribution >= 4 is 10.8 Å². The molecule has 0 saturated heterocycles. The molecule has 3 aromatic rings. The first kappa shape index (κ1) is 15.7. The van der Waals surface area contributed by atoms with Crippen molar-refractivity contribution in [2.45, 2.75) is 39.9 Å². The van der Waals surface area contributed by atoms with E-state index in [0.717, 1.165) is 18.8 Å². The van der Waals surface area contributed by atoms with E-state index in [1.54, 1.807) is 0 Å². The molecule has 0 fully saturated rings. The zero-order valence-electron chi connectivity index (χ0n) is 14.3. The third-order valence-corrected chi connectivity index (χ3v) is 4.48. The second-order valence-corrected chi connectivity index (χ2v) is 6.39. The Labute approximate surface area is 137 Å². The third-order valence-electron chi connectivity index (χ3n) is 4.48. The topological polar surface area (TPSA) is 34.0 Å². The summed E-state index contributed by atoms with van der Waals surface area (Å²) in [6.45, 7) is 8.24. The molecule has 0 radical (unpaired) electrons. The standard InChI is InChI=1S/C19H24N4/c1-14-10-15(2)23(21-14)12-16(3)22(4)13-18-7-5-6-17-11-20-9-8-19(17)18/h5-11,16H,12-13H2,1-4H3. The molecule has 4 heteroatoms. The summed E-state index contributed by atoms with van der Waals surface area (Å²) in [6, 6.07) is 11.1. The molecule has 120 valence electrons. The largest absolute Gasteiger partial charge is 0.298 e. The van der Waals surface area contributed by atoms with Crippen LogP contribution in [0.5, 0.6) is 0 Å². The van der Waals surface area contributed by atoms with Gasteiger partial charge in [-0.2, -0.15) is 5.10 Å². The number of likely N-dealkylation sites (N-methyl/N-ethyl adjacent to an activating group) is 1. The van der Waals surface area contributed by atoms with Gasteiger partial charge in [-0.25, -0.2) is 0 Å². The number of aryl methyl sites for hydroxylation is 2. The van der Waals surface area contributed by atoms with Crippen LogP contribution >= 0.6 is 0 Å². The maximum Gasteiger partial charge on any atom is 0.0596 e. The molecule has 1 unspecified atom stereocenters. The quantitative estimate of drug-likeness (QED) is 0.722. The molecule has 0 amide bonds. The minimum Gasteiger partial charge on any atom is -0.298 e. The van der Waals surface area contributed by atoms with Gasteiger partial charge in [0.15, 0.2) is 0 Å². The molecular weight excluding hydrogens is 284 g/mol. The number of hydrogen-bond acceptors (Lipinski definition) is 3. The van der Waals surface area contributed by atoms with Gasteiger partial charge in [-0.3, -0.25) is 14.6 Å². The van der Waals surface area contributed by atoms with Crippen LogP contribution in [0, 0.1) is 13.8 Å². The predicted octanol–water partition coefficient (Wildman–Crippen LogP) is 3.57. The second-order valence-electron chi connectivity index (χ2n) is 6.39. The third kappa shape index (κ3) is 3.42. The van der Waals surface area contributed by atoms with Gasteiger partial charge in [-0.1, -0.05) is 18.2 Å². The lowest BCUT2D eigenvalue weighted by Gasteiger charge is -2.25. The van der Waals surface area contributed by atoms with E-state index in [1.165, 1.54) is 22.0 Å². The van der Waals surface area contributed by atoms with Crippen LogP contribution in [0.15, 0.2) is 42.7 Å². The van der Waals surface area contributed by atoms with Crippen molar-refractivity contribution in [2.75, 3.05) is 7.05 Å². The molecule has 2 aromatic heterocycles. The smallest absolute Gasteiger partial charge is 0.0596 e. The molecule has 23 heavy (non-hydrogen) atoms. The van der Waals surface area contributed by atoms with Gasteiger partial charge in [-0.15, -0.1) is 0 Å². The maximum absolute atomic E-state index is 4.57. The van der Waals surface area contributed by atoms with Crippen molar-refractivity contribution in [1.29, 1.82) is 0 Å². The Bertz CT molecular complexity index is 801. The molecule has 0 bridgehead atoms. The Kier molecular flexibility index (Phi) is 4.44. The SMILES string of the molecule is Cc1cc(C)n(CC(C)N(C)Cc2cccc3cnccc23)n1. The normalized spacial score (nSPS) is 12.9. The molecule has 0 N–H and O–H groups in total. The number of rotatable bonds is 5. The van der Waals surface area contributed by atoms with Crippen molar-refractivity contribution in [1.82, 2.24) is 19.7 Å². The van der Waals surface area contributed by atoms with Crippen LogP contribution < -0.4 is 0 Å². The van der Waals surface area contributed by atoms with E-state index in [0.29, 0.717) is 6.04 Å². The molecule has 2 heterocycles. The highest BCUT2D eigenvalue weighted by Gasteiger charge is 2.13. The van der Waals surface area contributed by atoms with Crippen molar-refractivity contribution in [3.8, 4) is 0 Å². The second kappa shape index (κ2) is 6.50. The van der Waals surface area contributed by atoms with Gasteiger partial charge in [-0.05, 0) is 50.9 Å². The molecule has 0 saturated carbocycles. The molecule has 0 aliphatic carbocycles. The van der Waals surface area contributed by atoms with Crippen molar-refractivity contribution in [3.63, 3.8) is 0 Å². The van der Waals surface area contributed by atoms with Crippen molar-refractivity contribution < 1.29 is 0 Å². The summed E-state index contributed by atoms with van der Waals surface area (Å²) in [5.74, 6) is 0. The van der Waals surface area contributed by atoms with Crippen molar-refractivity contribution in [2.24, 2.45) is 0 Å². The molecule has 0 aliphatic heterocycles. The molecule has 0 aliphatic rings. The van der Waals surface area contributed by atoms with E-state index in [2.05, 4.69) is 70.9 Å². The molecule has 1 aromatic carbocycles. The summed E-state index contributed by atoms with van der Waals surface area (Å²) in [6.07, 6.45) is 3.79. The first-order chi connectivity index (χ1) is 11.0. The number of nitrogens with zero attached hydrogens (tertiary/aromatic N) is 4. The number of benzene rings is 1. The summed E-state index contributed by atoms with van der Waals surface area (Å²) in [5, 5.41) is 7.05. The van der Waals surface area contributed by atoms with E-state index < -0.39 is 0 Å². The number of hydrogen-bond donors (Lipinski definition) is 0. The van der Waals surface area contributed by atoms with Crippen LogP contribution in [0.3, 0.4) is 0 Å². The Morgan fingerprint density at radius 2 is 2.04 bits per heavy atom. The number of pyridine rings is 1. The fourth-order valence-electron chi connectivity index (χ4n) is 3.00.